The fraction of sp³-hybridized carbons (Fsp3) is 0.333. The molecule has 0 aromatic heterocycles. The Hall–Kier alpha value is -2.32. The number of carbonyl (C=O) groups is 2. The Morgan fingerprint density at radius 1 is 0.900 bits per heavy atom. The lowest BCUT2D eigenvalue weighted by Crippen LogP contribution is -2.23. The Kier molecular flexibility index (Phi) is 5.75. The van der Waals surface area contributed by atoms with Crippen LogP contribution in [0.4, 0.5) is 9.59 Å². The molecule has 0 spiro atoms. The normalized spacial score (nSPS) is 9.80. The van der Waals surface area contributed by atoms with Gasteiger partial charge in [0.25, 0.3) is 0 Å². The summed E-state index contributed by atoms with van der Waals surface area (Å²) in [4.78, 5) is 22.0. The van der Waals surface area contributed by atoms with E-state index in [0.29, 0.717) is 10.1 Å². The predicted molar refractivity (Wildman–Crippen MR) is 65.9 cm³/mol. The molecule has 8 heteroatoms. The third-order valence-corrected chi connectivity index (χ3v) is 2.28. The Balaban J connectivity index is 2.44. The van der Waals surface area contributed by atoms with Gasteiger partial charge < -0.3 is 9.47 Å². The van der Waals surface area contributed by atoms with Gasteiger partial charge in [-0.1, -0.05) is 24.3 Å². The minimum absolute atomic E-state index is 0.0170. The van der Waals surface area contributed by atoms with Gasteiger partial charge in [0.15, 0.2) is 0 Å². The highest BCUT2D eigenvalue weighted by Gasteiger charge is 2.08. The first-order valence-corrected chi connectivity index (χ1v) is 5.66. The summed E-state index contributed by atoms with van der Waals surface area (Å²) in [6, 6.07) is 6.76. The van der Waals surface area contributed by atoms with Gasteiger partial charge in [0.1, 0.15) is 13.2 Å². The van der Waals surface area contributed by atoms with Gasteiger partial charge in [-0.05, 0) is 11.1 Å². The fourth-order valence-corrected chi connectivity index (χ4v) is 1.21. The zero-order chi connectivity index (χ0) is 15.1. The molecule has 0 fully saturated rings. The van der Waals surface area contributed by atoms with Crippen LogP contribution in [-0.4, -0.2) is 46.8 Å². The van der Waals surface area contributed by atoms with Gasteiger partial charge in [-0.2, -0.15) is 10.1 Å². The van der Waals surface area contributed by atoms with Crippen molar-refractivity contribution in [1.82, 2.24) is 10.1 Å². The third-order valence-electron chi connectivity index (χ3n) is 2.28. The second kappa shape index (κ2) is 7.31. The monoisotopic (exact) mass is 284 g/mol. The van der Waals surface area contributed by atoms with Gasteiger partial charge in [0.05, 0.1) is 0 Å². The van der Waals surface area contributed by atoms with E-state index in [-0.39, 0.29) is 13.2 Å². The second-order valence-electron chi connectivity index (χ2n) is 3.97. The topological polar surface area (TPSA) is 99.5 Å². The molecule has 0 aliphatic rings. The third kappa shape index (κ3) is 5.12. The van der Waals surface area contributed by atoms with E-state index < -0.39 is 12.2 Å². The number of amides is 2. The largest absolute Gasteiger partial charge is 0.443 e. The first kappa shape index (κ1) is 15.7. The first-order valence-electron chi connectivity index (χ1n) is 5.66. The Bertz CT molecular complexity index is 415. The number of carbonyl (C=O) groups excluding carboxylic acids is 2. The molecule has 0 saturated heterocycles. The van der Waals surface area contributed by atoms with Crippen LogP contribution < -0.4 is 0 Å². The van der Waals surface area contributed by atoms with Gasteiger partial charge in [-0.15, -0.1) is 0 Å². The lowest BCUT2D eigenvalue weighted by molar-refractivity contribution is -0.0553. The maximum Gasteiger partial charge on any atom is 0.433 e. The molecule has 0 atom stereocenters. The quantitative estimate of drug-likeness (QED) is 0.643. The Morgan fingerprint density at radius 2 is 1.20 bits per heavy atom. The SMILES string of the molecule is CN(O)C(=O)OCc1ccc(COC(=O)N(C)O)cc1. The summed E-state index contributed by atoms with van der Waals surface area (Å²) >= 11 is 0. The molecular formula is C12H16N2O6. The maximum absolute atomic E-state index is 11.0. The number of ether oxygens (including phenoxy) is 2. The molecule has 0 unspecified atom stereocenters. The minimum Gasteiger partial charge on any atom is -0.443 e. The van der Waals surface area contributed by atoms with Crippen molar-refractivity contribution in [2.24, 2.45) is 0 Å². The average Bonchev–Trinajstić information content (AvgIpc) is 2.42. The number of nitrogens with zero attached hydrogens (tertiary/aromatic N) is 2. The highest BCUT2D eigenvalue weighted by Crippen LogP contribution is 2.08. The number of hydrogen-bond donors (Lipinski definition) is 2. The highest BCUT2D eigenvalue weighted by molar-refractivity contribution is 5.66. The zero-order valence-corrected chi connectivity index (χ0v) is 11.1. The number of hydroxylamine groups is 4. The number of rotatable bonds is 4. The molecular weight excluding hydrogens is 268 g/mol. The van der Waals surface area contributed by atoms with Crippen molar-refractivity contribution >= 4 is 12.2 Å². The summed E-state index contributed by atoms with van der Waals surface area (Å²) in [5, 5.41) is 18.3. The molecule has 0 aliphatic heterocycles. The smallest absolute Gasteiger partial charge is 0.433 e. The van der Waals surface area contributed by atoms with E-state index in [4.69, 9.17) is 19.9 Å². The molecule has 1 rings (SSSR count). The summed E-state index contributed by atoms with van der Waals surface area (Å²) in [5.74, 6) is 0. The lowest BCUT2D eigenvalue weighted by Gasteiger charge is -2.11. The Morgan fingerprint density at radius 3 is 1.45 bits per heavy atom. The highest BCUT2D eigenvalue weighted by atomic mass is 16.6. The second-order valence-corrected chi connectivity index (χ2v) is 3.97. The molecule has 8 nitrogen and oxygen atoms in total. The summed E-state index contributed by atoms with van der Waals surface area (Å²) in [6.45, 7) is 0.0341. The van der Waals surface area contributed by atoms with Crippen LogP contribution in [0.3, 0.4) is 0 Å². The van der Waals surface area contributed by atoms with Crippen molar-refractivity contribution in [3.05, 3.63) is 35.4 Å². The van der Waals surface area contributed by atoms with Crippen LogP contribution in [0.15, 0.2) is 24.3 Å². The van der Waals surface area contributed by atoms with E-state index in [9.17, 15) is 9.59 Å². The van der Waals surface area contributed by atoms with Gasteiger partial charge >= 0.3 is 12.2 Å². The lowest BCUT2D eigenvalue weighted by atomic mass is 10.1. The minimum atomic E-state index is -0.853. The van der Waals surface area contributed by atoms with E-state index in [1.165, 1.54) is 0 Å². The van der Waals surface area contributed by atoms with E-state index in [0.717, 1.165) is 25.2 Å². The predicted octanol–water partition coefficient (Wildman–Crippen LogP) is 1.60. The van der Waals surface area contributed by atoms with Gasteiger partial charge in [0.2, 0.25) is 0 Å². The van der Waals surface area contributed by atoms with Crippen molar-refractivity contribution in [2.45, 2.75) is 13.2 Å². The molecule has 0 radical (unpaired) electrons. The van der Waals surface area contributed by atoms with Crippen LogP contribution >= 0.6 is 0 Å². The zero-order valence-electron chi connectivity index (χ0n) is 11.1. The summed E-state index contributed by atoms with van der Waals surface area (Å²) in [6.07, 6.45) is -1.71. The van der Waals surface area contributed by atoms with Crippen molar-refractivity contribution in [3.8, 4) is 0 Å². The van der Waals surface area contributed by atoms with Crippen LogP contribution in [0, 0.1) is 0 Å². The van der Waals surface area contributed by atoms with E-state index in [1.54, 1.807) is 24.3 Å². The van der Waals surface area contributed by atoms with Gasteiger partial charge in [0, 0.05) is 14.1 Å². The molecule has 0 saturated carbocycles. The summed E-state index contributed by atoms with van der Waals surface area (Å²) < 4.78 is 9.54. The average molecular weight is 284 g/mol. The van der Waals surface area contributed by atoms with Gasteiger partial charge in [-0.3, -0.25) is 10.4 Å². The Labute approximate surface area is 115 Å². The molecule has 0 aliphatic carbocycles. The molecule has 0 heterocycles. The number of hydrogen-bond acceptors (Lipinski definition) is 6. The van der Waals surface area contributed by atoms with Gasteiger partial charge in [-0.25, -0.2) is 9.59 Å². The molecule has 1 aromatic rings. The maximum atomic E-state index is 11.0. The molecule has 0 bridgehead atoms. The van der Waals surface area contributed by atoms with Crippen LogP contribution in [-0.2, 0) is 22.7 Å². The summed E-state index contributed by atoms with van der Waals surface area (Å²) in [5.41, 5.74) is 1.43. The van der Waals surface area contributed by atoms with E-state index in [1.807, 2.05) is 0 Å². The first-order chi connectivity index (χ1) is 9.40. The standard InChI is InChI=1S/C12H16N2O6/c1-13(17)11(15)19-7-9-3-5-10(6-4-9)8-20-12(16)14(2)18/h3-6,17-18H,7-8H2,1-2H3. The van der Waals surface area contributed by atoms with Crippen LogP contribution in [0.1, 0.15) is 11.1 Å². The number of benzene rings is 1. The van der Waals surface area contributed by atoms with E-state index >= 15 is 0 Å². The summed E-state index contributed by atoms with van der Waals surface area (Å²) in [7, 11) is 2.33. The molecule has 2 N–H and O–H groups in total. The fourth-order valence-electron chi connectivity index (χ4n) is 1.21. The van der Waals surface area contributed by atoms with Crippen LogP contribution in [0.5, 0.6) is 0 Å². The molecule has 110 valence electrons. The van der Waals surface area contributed by atoms with Crippen molar-refractivity contribution < 1.29 is 29.5 Å². The van der Waals surface area contributed by atoms with Crippen molar-refractivity contribution in [1.29, 1.82) is 0 Å². The molecule has 1 aromatic carbocycles. The molecule has 20 heavy (non-hydrogen) atoms. The van der Waals surface area contributed by atoms with Crippen LogP contribution in [0.2, 0.25) is 0 Å². The molecule has 2 amide bonds. The van der Waals surface area contributed by atoms with E-state index in [2.05, 4.69) is 0 Å². The van der Waals surface area contributed by atoms with Crippen molar-refractivity contribution in [2.75, 3.05) is 14.1 Å². The van der Waals surface area contributed by atoms with Crippen molar-refractivity contribution in [3.63, 3.8) is 0 Å². The van der Waals surface area contributed by atoms with Crippen LogP contribution in [0.25, 0.3) is 0 Å².